The molecule has 1 aliphatic carbocycles. The van der Waals surface area contributed by atoms with Crippen LogP contribution in [-0.2, 0) is 6.54 Å². The Labute approximate surface area is 109 Å². The van der Waals surface area contributed by atoms with E-state index in [0.717, 1.165) is 35.2 Å². The first-order chi connectivity index (χ1) is 8.24. The summed E-state index contributed by atoms with van der Waals surface area (Å²) in [4.78, 5) is 8.49. The van der Waals surface area contributed by atoms with Crippen molar-refractivity contribution < 1.29 is 0 Å². The molecule has 0 spiro atoms. The quantitative estimate of drug-likeness (QED) is 0.940. The summed E-state index contributed by atoms with van der Waals surface area (Å²) >= 11 is 3.38. The van der Waals surface area contributed by atoms with Gasteiger partial charge in [-0.25, -0.2) is 9.97 Å². The molecule has 5 heteroatoms. The topological polar surface area (TPSA) is 42.2 Å². The van der Waals surface area contributed by atoms with E-state index in [4.69, 9.17) is 0 Å². The van der Waals surface area contributed by atoms with E-state index in [1.165, 1.54) is 12.1 Å². The normalized spacial score (nSPS) is 23.2. The molecule has 90 valence electrons. The fourth-order valence-corrected chi connectivity index (χ4v) is 2.42. The number of nitrogens with one attached hydrogen (secondary N) is 1. The van der Waals surface area contributed by atoms with Gasteiger partial charge in [0, 0.05) is 12.7 Å². The maximum Gasteiger partial charge on any atom is 0.155 e. The predicted molar refractivity (Wildman–Crippen MR) is 69.7 cm³/mol. The third kappa shape index (κ3) is 2.35. The Kier molecular flexibility index (Phi) is 2.88. The Morgan fingerprint density at radius 2 is 2.29 bits per heavy atom. The summed E-state index contributed by atoms with van der Waals surface area (Å²) in [6.07, 6.45) is 7.01. The molecule has 3 rings (SSSR count). The van der Waals surface area contributed by atoms with Crippen LogP contribution in [0.4, 0.5) is 0 Å². The molecule has 1 saturated carbocycles. The lowest BCUT2D eigenvalue weighted by molar-refractivity contribution is 0.603. The van der Waals surface area contributed by atoms with Crippen molar-refractivity contribution in [2.24, 2.45) is 11.8 Å². The summed E-state index contributed by atoms with van der Waals surface area (Å²) < 4.78 is 2.90. The minimum absolute atomic E-state index is 0.833. The number of hydrogen-bond acceptors (Lipinski definition) is 3. The van der Waals surface area contributed by atoms with Gasteiger partial charge in [-0.2, -0.15) is 0 Å². The molecule has 0 radical (unpaired) electrons. The summed E-state index contributed by atoms with van der Waals surface area (Å²) in [5, 5.41) is 3.50. The lowest BCUT2D eigenvalue weighted by atomic mass is 10.3. The third-order valence-electron chi connectivity index (χ3n) is 3.43. The predicted octanol–water partition coefficient (Wildman–Crippen LogP) is 2.24. The van der Waals surface area contributed by atoms with Crippen LogP contribution in [0.3, 0.4) is 0 Å². The van der Waals surface area contributed by atoms with Crippen molar-refractivity contribution >= 4 is 21.6 Å². The Hall–Kier alpha value is -0.940. The van der Waals surface area contributed by atoms with Gasteiger partial charge in [0.15, 0.2) is 5.65 Å². The van der Waals surface area contributed by atoms with Crippen LogP contribution in [0, 0.1) is 11.8 Å². The second-order valence-electron chi connectivity index (χ2n) is 4.79. The lowest BCUT2D eigenvalue weighted by Crippen LogP contribution is -2.17. The van der Waals surface area contributed by atoms with Crippen LogP contribution in [0.1, 0.15) is 19.0 Å². The van der Waals surface area contributed by atoms with E-state index >= 15 is 0 Å². The van der Waals surface area contributed by atoms with E-state index in [-0.39, 0.29) is 0 Å². The Morgan fingerprint density at radius 3 is 3.06 bits per heavy atom. The van der Waals surface area contributed by atoms with Gasteiger partial charge in [0.2, 0.25) is 0 Å². The van der Waals surface area contributed by atoms with E-state index in [1.807, 2.05) is 12.4 Å². The van der Waals surface area contributed by atoms with E-state index in [2.05, 4.69) is 42.5 Å². The van der Waals surface area contributed by atoms with Crippen LogP contribution in [0.5, 0.6) is 0 Å². The number of aromatic nitrogens is 3. The second-order valence-corrected chi connectivity index (χ2v) is 5.60. The SMILES string of the molecule is CC1CC1CNCc1cnc2cnc(Br)cn12. The van der Waals surface area contributed by atoms with E-state index < -0.39 is 0 Å². The first-order valence-corrected chi connectivity index (χ1v) is 6.71. The highest BCUT2D eigenvalue weighted by molar-refractivity contribution is 9.10. The maximum atomic E-state index is 4.33. The fraction of sp³-hybridized carbons (Fsp3) is 0.500. The number of halogens is 1. The molecule has 2 heterocycles. The molecular weight excluding hydrogens is 280 g/mol. The molecule has 1 fully saturated rings. The maximum absolute atomic E-state index is 4.33. The fourth-order valence-electron chi connectivity index (χ4n) is 2.12. The van der Waals surface area contributed by atoms with Gasteiger partial charge in [0.1, 0.15) is 4.60 Å². The van der Waals surface area contributed by atoms with E-state index in [0.29, 0.717) is 0 Å². The first-order valence-electron chi connectivity index (χ1n) is 5.92. The molecule has 0 aliphatic heterocycles. The molecule has 2 unspecified atom stereocenters. The molecule has 1 N–H and O–H groups in total. The second kappa shape index (κ2) is 4.38. The molecule has 0 amide bonds. The van der Waals surface area contributed by atoms with Gasteiger partial charge in [-0.3, -0.25) is 4.40 Å². The number of rotatable bonds is 4. The van der Waals surface area contributed by atoms with Crippen molar-refractivity contribution in [1.29, 1.82) is 0 Å². The first kappa shape index (κ1) is 11.2. The van der Waals surface area contributed by atoms with Gasteiger partial charge in [-0.15, -0.1) is 0 Å². The number of hydrogen-bond donors (Lipinski definition) is 1. The standard InChI is InChI=1S/C12H15BrN4/c1-8-2-9(8)3-14-4-10-5-16-12-6-15-11(13)7-17(10)12/h5-9,14H,2-4H2,1H3. The monoisotopic (exact) mass is 294 g/mol. The largest absolute Gasteiger partial charge is 0.311 e. The van der Waals surface area contributed by atoms with Crippen LogP contribution in [-0.4, -0.2) is 20.9 Å². The van der Waals surface area contributed by atoms with Crippen molar-refractivity contribution in [3.8, 4) is 0 Å². The summed E-state index contributed by atoms with van der Waals surface area (Å²) in [6, 6.07) is 0. The highest BCUT2D eigenvalue weighted by atomic mass is 79.9. The zero-order chi connectivity index (χ0) is 11.8. The van der Waals surface area contributed by atoms with Gasteiger partial charge in [-0.1, -0.05) is 6.92 Å². The van der Waals surface area contributed by atoms with Gasteiger partial charge in [0.05, 0.1) is 18.1 Å². The molecule has 17 heavy (non-hydrogen) atoms. The summed E-state index contributed by atoms with van der Waals surface area (Å²) in [5.74, 6) is 1.78. The van der Waals surface area contributed by atoms with Crippen molar-refractivity contribution in [3.63, 3.8) is 0 Å². The molecule has 2 aromatic heterocycles. The van der Waals surface area contributed by atoms with E-state index in [1.54, 1.807) is 6.20 Å². The van der Waals surface area contributed by atoms with Crippen LogP contribution in [0.2, 0.25) is 0 Å². The van der Waals surface area contributed by atoms with Crippen molar-refractivity contribution in [3.05, 3.63) is 28.9 Å². The van der Waals surface area contributed by atoms with Crippen LogP contribution in [0.15, 0.2) is 23.2 Å². The van der Waals surface area contributed by atoms with Gasteiger partial charge in [-0.05, 0) is 40.7 Å². The van der Waals surface area contributed by atoms with Crippen LogP contribution in [0.25, 0.3) is 5.65 Å². The molecule has 2 aromatic rings. The van der Waals surface area contributed by atoms with Crippen LogP contribution >= 0.6 is 15.9 Å². The van der Waals surface area contributed by atoms with Crippen molar-refractivity contribution in [2.75, 3.05) is 6.54 Å². The van der Waals surface area contributed by atoms with Gasteiger partial charge >= 0.3 is 0 Å². The highest BCUT2D eigenvalue weighted by Gasteiger charge is 2.31. The molecule has 1 aliphatic rings. The van der Waals surface area contributed by atoms with Crippen LogP contribution < -0.4 is 5.32 Å². The molecule has 0 saturated heterocycles. The average Bonchev–Trinajstić information content (AvgIpc) is 2.86. The van der Waals surface area contributed by atoms with Crippen molar-refractivity contribution in [1.82, 2.24) is 19.7 Å². The summed E-state index contributed by atoms with van der Waals surface area (Å²) in [7, 11) is 0. The molecule has 0 bridgehead atoms. The highest BCUT2D eigenvalue weighted by Crippen LogP contribution is 2.36. The Bertz CT molecular complexity index is 536. The number of nitrogens with zero attached hydrogens (tertiary/aromatic N) is 3. The number of imidazole rings is 1. The minimum Gasteiger partial charge on any atom is -0.311 e. The summed E-state index contributed by atoms with van der Waals surface area (Å²) in [6.45, 7) is 4.28. The minimum atomic E-state index is 0.833. The lowest BCUT2D eigenvalue weighted by Gasteiger charge is -2.04. The summed E-state index contributed by atoms with van der Waals surface area (Å²) in [5.41, 5.74) is 2.07. The number of fused-ring (bicyclic) bond motifs is 1. The zero-order valence-electron chi connectivity index (χ0n) is 9.73. The van der Waals surface area contributed by atoms with Gasteiger partial charge in [0.25, 0.3) is 0 Å². The van der Waals surface area contributed by atoms with E-state index in [9.17, 15) is 0 Å². The zero-order valence-corrected chi connectivity index (χ0v) is 11.3. The molecular formula is C12H15BrN4. The average molecular weight is 295 g/mol. The molecule has 2 atom stereocenters. The third-order valence-corrected chi connectivity index (χ3v) is 3.84. The Morgan fingerprint density at radius 1 is 1.47 bits per heavy atom. The molecule has 0 aromatic carbocycles. The molecule has 4 nitrogen and oxygen atoms in total. The van der Waals surface area contributed by atoms with Gasteiger partial charge < -0.3 is 5.32 Å². The van der Waals surface area contributed by atoms with Crippen molar-refractivity contribution in [2.45, 2.75) is 19.9 Å². The Balaban J connectivity index is 1.69. The smallest absolute Gasteiger partial charge is 0.155 e.